The maximum absolute atomic E-state index is 14.3. The van der Waals surface area contributed by atoms with Gasteiger partial charge in [-0.1, -0.05) is 30.3 Å². The lowest BCUT2D eigenvalue weighted by atomic mass is 10.0. The van der Waals surface area contributed by atoms with E-state index in [2.05, 4.69) is 0 Å². The number of rotatable bonds is 5. The second kappa shape index (κ2) is 9.94. The molecule has 2 fully saturated rings. The van der Waals surface area contributed by atoms with Crippen molar-refractivity contribution in [2.45, 2.75) is 38.0 Å². The van der Waals surface area contributed by atoms with E-state index in [1.165, 1.54) is 34.1 Å². The summed E-state index contributed by atoms with van der Waals surface area (Å²) in [6.45, 7) is 0.470. The standard InChI is InChI=1S/C28H23F6N3O2/c29-27(30,31)18-8-1-3-10-20(18)37(21-11-4-2-9-19(21)28(32,33)34)26-22(35-16-6-14-24(35)38)12-5-13-23(26)36-17-7-15-25(36)39/h1-5,8-13H,6-7,14-17H2. The van der Waals surface area contributed by atoms with E-state index in [-0.39, 0.29) is 54.8 Å². The van der Waals surface area contributed by atoms with Gasteiger partial charge in [0.15, 0.2) is 0 Å². The summed E-state index contributed by atoms with van der Waals surface area (Å²) in [6, 6.07) is 13.2. The minimum Gasteiger partial charge on any atom is -0.310 e. The minimum absolute atomic E-state index is 0.101. The fourth-order valence-corrected chi connectivity index (χ4v) is 5.18. The molecule has 0 saturated carbocycles. The number of carbonyl (C=O) groups is 2. The first kappa shape index (κ1) is 26.6. The molecule has 0 aliphatic carbocycles. The van der Waals surface area contributed by atoms with Crippen molar-refractivity contribution in [3.8, 4) is 0 Å². The summed E-state index contributed by atoms with van der Waals surface area (Å²) in [4.78, 5) is 29.3. The van der Waals surface area contributed by atoms with E-state index in [9.17, 15) is 35.9 Å². The Morgan fingerprint density at radius 3 is 1.36 bits per heavy atom. The second-order valence-electron chi connectivity index (χ2n) is 9.31. The Kier molecular flexibility index (Phi) is 6.77. The van der Waals surface area contributed by atoms with Gasteiger partial charge in [-0.15, -0.1) is 0 Å². The molecule has 0 aromatic heterocycles. The van der Waals surface area contributed by atoms with Crippen molar-refractivity contribution in [2.24, 2.45) is 0 Å². The van der Waals surface area contributed by atoms with Gasteiger partial charge < -0.3 is 14.7 Å². The van der Waals surface area contributed by atoms with Crippen LogP contribution in [0.4, 0.5) is 54.8 Å². The Morgan fingerprint density at radius 2 is 1.00 bits per heavy atom. The van der Waals surface area contributed by atoms with Gasteiger partial charge in [0, 0.05) is 25.9 Å². The van der Waals surface area contributed by atoms with Crippen LogP contribution in [0, 0.1) is 0 Å². The third-order valence-electron chi connectivity index (χ3n) is 6.85. The summed E-state index contributed by atoms with van der Waals surface area (Å²) in [5, 5.41) is 0. The molecule has 0 radical (unpaired) electrons. The van der Waals surface area contributed by atoms with Gasteiger partial charge in [0.25, 0.3) is 0 Å². The van der Waals surface area contributed by atoms with Crippen LogP contribution in [-0.4, -0.2) is 24.9 Å². The predicted molar refractivity (Wildman–Crippen MR) is 134 cm³/mol. The highest BCUT2D eigenvalue weighted by molar-refractivity contribution is 6.08. The number of halogens is 6. The summed E-state index contributed by atoms with van der Waals surface area (Å²) < 4.78 is 85.9. The van der Waals surface area contributed by atoms with Crippen LogP contribution < -0.4 is 14.7 Å². The van der Waals surface area contributed by atoms with E-state index in [0.29, 0.717) is 12.8 Å². The molecule has 0 unspecified atom stereocenters. The SMILES string of the molecule is O=C1CCCN1c1cccc(N2CCCC2=O)c1N(c1ccccc1C(F)(F)F)c1ccccc1C(F)(F)F. The van der Waals surface area contributed by atoms with Crippen LogP contribution in [0.25, 0.3) is 0 Å². The van der Waals surface area contributed by atoms with Crippen molar-refractivity contribution in [1.29, 1.82) is 0 Å². The van der Waals surface area contributed by atoms with Crippen LogP contribution in [0.3, 0.4) is 0 Å². The van der Waals surface area contributed by atoms with E-state index in [0.717, 1.165) is 41.3 Å². The molecule has 2 amide bonds. The highest BCUT2D eigenvalue weighted by Crippen LogP contribution is 2.53. The summed E-state index contributed by atoms with van der Waals surface area (Å²) in [5.74, 6) is -0.622. The third kappa shape index (κ3) is 4.93. The summed E-state index contributed by atoms with van der Waals surface area (Å²) in [6.07, 6.45) is -8.50. The number of para-hydroxylation sites is 3. The average Bonchev–Trinajstić information content (AvgIpc) is 3.51. The van der Waals surface area contributed by atoms with Crippen molar-refractivity contribution in [1.82, 2.24) is 0 Å². The number of hydrogen-bond donors (Lipinski definition) is 0. The molecule has 0 spiro atoms. The van der Waals surface area contributed by atoms with Crippen LogP contribution in [-0.2, 0) is 21.9 Å². The molecule has 2 saturated heterocycles. The molecule has 5 nitrogen and oxygen atoms in total. The molecule has 3 aromatic rings. The van der Waals surface area contributed by atoms with E-state index in [4.69, 9.17) is 0 Å². The molecular weight excluding hydrogens is 524 g/mol. The van der Waals surface area contributed by atoms with E-state index < -0.39 is 34.9 Å². The average molecular weight is 547 g/mol. The molecular formula is C28H23F6N3O2. The van der Waals surface area contributed by atoms with Crippen molar-refractivity contribution < 1.29 is 35.9 Å². The second-order valence-corrected chi connectivity index (χ2v) is 9.31. The lowest BCUT2D eigenvalue weighted by molar-refractivity contribution is -0.137. The van der Waals surface area contributed by atoms with Crippen molar-refractivity contribution in [2.75, 3.05) is 27.8 Å². The van der Waals surface area contributed by atoms with Crippen LogP contribution in [0.2, 0.25) is 0 Å². The topological polar surface area (TPSA) is 43.9 Å². The molecule has 11 heteroatoms. The van der Waals surface area contributed by atoms with Crippen molar-refractivity contribution >= 4 is 40.3 Å². The first-order valence-electron chi connectivity index (χ1n) is 12.3. The Hall–Kier alpha value is -4.02. The van der Waals surface area contributed by atoms with Crippen molar-refractivity contribution in [3.63, 3.8) is 0 Å². The minimum atomic E-state index is -4.91. The predicted octanol–water partition coefficient (Wildman–Crippen LogP) is 7.45. The van der Waals surface area contributed by atoms with Crippen LogP contribution in [0.1, 0.15) is 36.8 Å². The van der Waals surface area contributed by atoms with E-state index >= 15 is 0 Å². The fraction of sp³-hybridized carbons (Fsp3) is 0.286. The first-order chi connectivity index (χ1) is 18.5. The molecule has 0 N–H and O–H groups in total. The maximum atomic E-state index is 14.3. The van der Waals surface area contributed by atoms with Crippen LogP contribution in [0.5, 0.6) is 0 Å². The molecule has 2 heterocycles. The third-order valence-corrected chi connectivity index (χ3v) is 6.85. The molecule has 2 aliphatic heterocycles. The molecule has 0 atom stereocenters. The number of hydrogen-bond acceptors (Lipinski definition) is 3. The van der Waals surface area contributed by atoms with Gasteiger partial charge in [-0.05, 0) is 49.2 Å². The molecule has 0 bridgehead atoms. The van der Waals surface area contributed by atoms with Crippen LogP contribution in [0.15, 0.2) is 66.7 Å². The number of benzene rings is 3. The fourth-order valence-electron chi connectivity index (χ4n) is 5.18. The van der Waals surface area contributed by atoms with E-state index in [1.54, 1.807) is 6.07 Å². The van der Waals surface area contributed by atoms with Crippen LogP contribution >= 0.6 is 0 Å². The van der Waals surface area contributed by atoms with Crippen molar-refractivity contribution in [3.05, 3.63) is 77.9 Å². The molecule has 2 aliphatic rings. The normalized spacial score (nSPS) is 16.4. The van der Waals surface area contributed by atoms with Gasteiger partial charge in [-0.2, -0.15) is 26.3 Å². The summed E-state index contributed by atoms with van der Waals surface area (Å²) in [7, 11) is 0. The van der Waals surface area contributed by atoms with Gasteiger partial charge in [-0.3, -0.25) is 9.59 Å². The van der Waals surface area contributed by atoms with Gasteiger partial charge in [-0.25, -0.2) is 0 Å². The van der Waals surface area contributed by atoms with Gasteiger partial charge in [0.1, 0.15) is 0 Å². The highest BCUT2D eigenvalue weighted by atomic mass is 19.4. The van der Waals surface area contributed by atoms with Gasteiger partial charge in [0.2, 0.25) is 11.8 Å². The smallest absolute Gasteiger partial charge is 0.310 e. The van der Waals surface area contributed by atoms with Gasteiger partial charge >= 0.3 is 12.4 Å². The zero-order valence-corrected chi connectivity index (χ0v) is 20.5. The Morgan fingerprint density at radius 1 is 0.590 bits per heavy atom. The highest BCUT2D eigenvalue weighted by Gasteiger charge is 2.41. The Labute approximate surface area is 220 Å². The zero-order valence-electron chi connectivity index (χ0n) is 20.5. The monoisotopic (exact) mass is 547 g/mol. The molecule has 204 valence electrons. The lowest BCUT2D eigenvalue weighted by Gasteiger charge is -2.36. The molecule has 5 rings (SSSR count). The molecule has 39 heavy (non-hydrogen) atoms. The van der Waals surface area contributed by atoms with E-state index in [1.807, 2.05) is 0 Å². The zero-order chi connectivity index (χ0) is 27.9. The number of nitrogens with zero attached hydrogens (tertiary/aromatic N) is 3. The quantitative estimate of drug-likeness (QED) is 0.312. The van der Waals surface area contributed by atoms with Gasteiger partial charge in [0.05, 0.1) is 39.6 Å². The number of alkyl halides is 6. The Bertz CT molecular complexity index is 1320. The lowest BCUT2D eigenvalue weighted by Crippen LogP contribution is -2.31. The number of carbonyl (C=O) groups excluding carboxylic acids is 2. The first-order valence-corrected chi connectivity index (χ1v) is 12.3. The number of amides is 2. The summed E-state index contributed by atoms with van der Waals surface area (Å²) >= 11 is 0. The Balaban J connectivity index is 1.91. The largest absolute Gasteiger partial charge is 0.418 e. The number of anilines is 5. The summed E-state index contributed by atoms with van der Waals surface area (Å²) in [5.41, 5.74) is -3.29. The molecule has 3 aromatic carbocycles. The maximum Gasteiger partial charge on any atom is 0.418 e.